The molecule has 0 saturated heterocycles. The second kappa shape index (κ2) is 12.4. The molecule has 0 aromatic heterocycles. The number of ketones is 1. The van der Waals surface area contributed by atoms with Gasteiger partial charge in [0.2, 0.25) is 0 Å². The summed E-state index contributed by atoms with van der Waals surface area (Å²) >= 11 is 0. The van der Waals surface area contributed by atoms with Crippen molar-refractivity contribution in [3.05, 3.63) is 101 Å². The molecule has 0 bridgehead atoms. The number of hydrogen-bond acceptors (Lipinski definition) is 6. The quantitative estimate of drug-likeness (QED) is 0.159. The number of aliphatic hydroxyl groups is 1. The molecule has 1 N–H and O–H groups in total. The van der Waals surface area contributed by atoms with Gasteiger partial charge in [0.1, 0.15) is 30.5 Å². The Bertz CT molecular complexity index is 1170. The van der Waals surface area contributed by atoms with E-state index in [1.54, 1.807) is 19.1 Å². The van der Waals surface area contributed by atoms with Crippen LogP contribution in [0.15, 0.2) is 78.9 Å². The maximum atomic E-state index is 12.2. The summed E-state index contributed by atoms with van der Waals surface area (Å²) in [6, 6.07) is 22.8. The summed E-state index contributed by atoms with van der Waals surface area (Å²) in [5.74, 6) is -1.38. The first-order valence-electron chi connectivity index (χ1n) is 11.5. The van der Waals surface area contributed by atoms with Gasteiger partial charge in [-0.25, -0.2) is 4.79 Å². The van der Waals surface area contributed by atoms with Crippen LogP contribution in [0.3, 0.4) is 0 Å². The molecule has 182 valence electrons. The summed E-state index contributed by atoms with van der Waals surface area (Å²) < 4.78 is 16.9. The van der Waals surface area contributed by atoms with Crippen molar-refractivity contribution in [1.82, 2.24) is 0 Å². The highest BCUT2D eigenvalue weighted by atomic mass is 16.5. The van der Waals surface area contributed by atoms with Crippen LogP contribution < -0.4 is 9.47 Å². The summed E-state index contributed by atoms with van der Waals surface area (Å²) in [4.78, 5) is 24.0. The van der Waals surface area contributed by atoms with Crippen LogP contribution in [0.25, 0.3) is 5.76 Å². The fraction of sp³-hybridized carbons (Fsp3) is 0.241. The van der Waals surface area contributed by atoms with E-state index in [0.29, 0.717) is 18.1 Å². The molecule has 0 fully saturated rings. The van der Waals surface area contributed by atoms with Crippen LogP contribution >= 0.6 is 0 Å². The van der Waals surface area contributed by atoms with Gasteiger partial charge in [-0.1, -0.05) is 74.5 Å². The van der Waals surface area contributed by atoms with Crippen molar-refractivity contribution < 1.29 is 28.9 Å². The molecule has 3 aromatic rings. The largest absolute Gasteiger partial charge is 0.507 e. The van der Waals surface area contributed by atoms with Gasteiger partial charge < -0.3 is 19.3 Å². The van der Waals surface area contributed by atoms with E-state index in [2.05, 4.69) is 0 Å². The number of carbonyl (C=O) groups excluding carboxylic acids is 2. The highest BCUT2D eigenvalue weighted by Gasteiger charge is 2.20. The molecular weight excluding hydrogens is 444 g/mol. The number of esters is 1. The highest BCUT2D eigenvalue weighted by Crippen LogP contribution is 2.37. The zero-order valence-corrected chi connectivity index (χ0v) is 20.2. The van der Waals surface area contributed by atoms with Gasteiger partial charge in [-0.2, -0.15) is 0 Å². The molecule has 0 aliphatic carbocycles. The molecule has 35 heavy (non-hydrogen) atoms. The lowest BCUT2D eigenvalue weighted by molar-refractivity contribution is -0.151. The van der Waals surface area contributed by atoms with E-state index in [-0.39, 0.29) is 30.5 Å². The maximum Gasteiger partial charge on any atom is 0.379 e. The topological polar surface area (TPSA) is 82.1 Å². The van der Waals surface area contributed by atoms with Crippen LogP contribution in [0.5, 0.6) is 11.5 Å². The van der Waals surface area contributed by atoms with E-state index in [9.17, 15) is 14.7 Å². The highest BCUT2D eigenvalue weighted by molar-refractivity contribution is 6.39. The zero-order chi connectivity index (χ0) is 25.2. The molecule has 0 aliphatic heterocycles. The van der Waals surface area contributed by atoms with Gasteiger partial charge in [-0.3, -0.25) is 4.79 Å². The molecule has 0 unspecified atom stereocenters. The maximum absolute atomic E-state index is 12.2. The first-order chi connectivity index (χ1) is 16.9. The van der Waals surface area contributed by atoms with Gasteiger partial charge in [0.05, 0.1) is 12.2 Å². The third kappa shape index (κ3) is 7.21. The fourth-order valence-corrected chi connectivity index (χ4v) is 3.41. The predicted molar refractivity (Wildman–Crippen MR) is 134 cm³/mol. The third-order valence-corrected chi connectivity index (χ3v) is 5.23. The minimum absolute atomic E-state index is 0.0521. The van der Waals surface area contributed by atoms with Crippen LogP contribution in [-0.4, -0.2) is 23.5 Å². The predicted octanol–water partition coefficient (Wildman–Crippen LogP) is 6.00. The SMILES string of the molecule is CCOC(=O)C(=O)/C=C(\O)c1cc(C(C)C)c(OCc2ccccc2)cc1OCc1ccccc1. The summed E-state index contributed by atoms with van der Waals surface area (Å²) in [6.07, 6.45) is 0.858. The first kappa shape index (κ1) is 25.6. The number of aliphatic hydroxyl groups excluding tert-OH is 1. The second-order valence-electron chi connectivity index (χ2n) is 8.20. The average molecular weight is 475 g/mol. The second-order valence-corrected chi connectivity index (χ2v) is 8.20. The van der Waals surface area contributed by atoms with E-state index in [1.807, 2.05) is 74.5 Å². The smallest absolute Gasteiger partial charge is 0.379 e. The van der Waals surface area contributed by atoms with E-state index in [0.717, 1.165) is 22.8 Å². The number of hydrogen-bond donors (Lipinski definition) is 1. The van der Waals surface area contributed by atoms with Crippen molar-refractivity contribution in [2.75, 3.05) is 6.61 Å². The molecule has 0 radical (unpaired) electrons. The number of carbonyl (C=O) groups is 2. The third-order valence-electron chi connectivity index (χ3n) is 5.23. The number of ether oxygens (including phenoxy) is 3. The molecule has 3 aromatic carbocycles. The molecule has 3 rings (SSSR count). The van der Waals surface area contributed by atoms with Gasteiger partial charge in [0, 0.05) is 12.1 Å². The molecule has 0 atom stereocenters. The monoisotopic (exact) mass is 474 g/mol. The van der Waals surface area contributed by atoms with Crippen LogP contribution in [0.4, 0.5) is 0 Å². The van der Waals surface area contributed by atoms with Crippen molar-refractivity contribution in [1.29, 1.82) is 0 Å². The van der Waals surface area contributed by atoms with Gasteiger partial charge in [-0.05, 0) is 35.6 Å². The van der Waals surface area contributed by atoms with Crippen molar-refractivity contribution in [3.63, 3.8) is 0 Å². The molecule has 0 heterocycles. The van der Waals surface area contributed by atoms with Crippen molar-refractivity contribution in [3.8, 4) is 11.5 Å². The Morgan fingerprint density at radius 2 is 1.40 bits per heavy atom. The first-order valence-corrected chi connectivity index (χ1v) is 11.5. The lowest BCUT2D eigenvalue weighted by atomic mass is 9.97. The molecule has 0 aliphatic rings. The summed E-state index contributed by atoms with van der Waals surface area (Å²) in [5.41, 5.74) is 3.06. The minimum atomic E-state index is -1.03. The van der Waals surface area contributed by atoms with Crippen LogP contribution in [0.2, 0.25) is 0 Å². The Kier molecular flexibility index (Phi) is 9.07. The van der Waals surface area contributed by atoms with E-state index >= 15 is 0 Å². The summed E-state index contributed by atoms with van der Waals surface area (Å²) in [7, 11) is 0. The normalized spacial score (nSPS) is 11.3. The minimum Gasteiger partial charge on any atom is -0.507 e. The zero-order valence-electron chi connectivity index (χ0n) is 20.2. The average Bonchev–Trinajstić information content (AvgIpc) is 2.87. The number of rotatable bonds is 11. The lowest BCUT2D eigenvalue weighted by Crippen LogP contribution is -2.15. The Balaban J connectivity index is 1.99. The Labute approximate surface area is 205 Å². The number of benzene rings is 3. The van der Waals surface area contributed by atoms with Gasteiger partial charge in [0.25, 0.3) is 5.78 Å². The van der Waals surface area contributed by atoms with Crippen LogP contribution in [-0.2, 0) is 27.5 Å². The standard InChI is InChI=1S/C29H30O6/c1-4-33-29(32)26(31)16-25(30)24-15-23(20(2)3)27(34-18-21-11-7-5-8-12-21)17-28(24)35-19-22-13-9-6-10-14-22/h5-17,20,30H,4,18-19H2,1-3H3/b25-16-. The van der Waals surface area contributed by atoms with Crippen LogP contribution in [0.1, 0.15) is 48.9 Å². The van der Waals surface area contributed by atoms with Gasteiger partial charge in [-0.15, -0.1) is 0 Å². The Morgan fingerprint density at radius 3 is 1.91 bits per heavy atom. The molecule has 0 saturated carbocycles. The molecular formula is C29H30O6. The molecule has 6 heteroatoms. The summed E-state index contributed by atoms with van der Waals surface area (Å²) in [5, 5.41) is 10.8. The molecule has 0 amide bonds. The van der Waals surface area contributed by atoms with E-state index in [1.165, 1.54) is 0 Å². The van der Waals surface area contributed by atoms with Gasteiger partial charge in [0.15, 0.2) is 0 Å². The van der Waals surface area contributed by atoms with E-state index < -0.39 is 11.8 Å². The summed E-state index contributed by atoms with van der Waals surface area (Å²) in [6.45, 7) is 6.28. The van der Waals surface area contributed by atoms with Crippen LogP contribution in [0, 0.1) is 0 Å². The van der Waals surface area contributed by atoms with E-state index in [4.69, 9.17) is 14.2 Å². The lowest BCUT2D eigenvalue weighted by Gasteiger charge is -2.19. The van der Waals surface area contributed by atoms with Gasteiger partial charge >= 0.3 is 5.97 Å². The van der Waals surface area contributed by atoms with Crippen molar-refractivity contribution >= 4 is 17.5 Å². The van der Waals surface area contributed by atoms with Crippen molar-refractivity contribution in [2.24, 2.45) is 0 Å². The molecule has 6 nitrogen and oxygen atoms in total. The fourth-order valence-electron chi connectivity index (χ4n) is 3.41. The Hall–Kier alpha value is -4.06. The van der Waals surface area contributed by atoms with Crippen molar-refractivity contribution in [2.45, 2.75) is 39.9 Å². The molecule has 0 spiro atoms. The Morgan fingerprint density at radius 1 is 0.857 bits per heavy atom.